The van der Waals surface area contributed by atoms with Crippen molar-refractivity contribution in [3.8, 4) is 5.75 Å². The van der Waals surface area contributed by atoms with Gasteiger partial charge in [-0.25, -0.2) is 0 Å². The molecule has 0 spiro atoms. The number of unbranched alkanes of at least 4 members (excludes halogenated alkanes) is 6. The number of hydrogen-bond donors (Lipinski definition) is 0. The summed E-state index contributed by atoms with van der Waals surface area (Å²) in [5.41, 5.74) is 1.30. The first-order chi connectivity index (χ1) is 7.83. The van der Waals surface area contributed by atoms with Gasteiger partial charge in [-0.15, -0.1) is 5.75 Å². The summed E-state index contributed by atoms with van der Waals surface area (Å²) in [7, 11) is 0. The molecule has 2 heteroatoms. The van der Waals surface area contributed by atoms with Crippen molar-refractivity contribution >= 4 is 0 Å². The Labute approximate surface area is 148 Å². The molecule has 0 unspecified atom stereocenters. The minimum absolute atomic E-state index is 0. The summed E-state index contributed by atoms with van der Waals surface area (Å²) < 4.78 is 0. The van der Waals surface area contributed by atoms with Gasteiger partial charge in [0.1, 0.15) is 0 Å². The van der Waals surface area contributed by atoms with Gasteiger partial charge in [-0.1, -0.05) is 69.7 Å². The predicted octanol–water partition coefficient (Wildman–Crippen LogP) is 1.06. The van der Waals surface area contributed by atoms with E-state index in [1.807, 2.05) is 12.1 Å². The maximum absolute atomic E-state index is 10.9. The molecular weight excluding hydrogens is 235 g/mol. The van der Waals surface area contributed by atoms with Crippen molar-refractivity contribution in [2.45, 2.75) is 58.3 Å². The van der Waals surface area contributed by atoms with Gasteiger partial charge in [0.25, 0.3) is 0 Å². The summed E-state index contributed by atoms with van der Waals surface area (Å²) >= 11 is 0. The Morgan fingerprint density at radius 3 is 1.94 bits per heavy atom. The zero-order valence-corrected chi connectivity index (χ0v) is 14.5. The monoisotopic (exact) mass is 258 g/mol. The van der Waals surface area contributed by atoms with Crippen molar-refractivity contribution in [3.05, 3.63) is 29.8 Å². The van der Waals surface area contributed by atoms with Crippen molar-refractivity contribution in [1.29, 1.82) is 0 Å². The van der Waals surface area contributed by atoms with Crippen LogP contribution in [0.25, 0.3) is 0 Å². The molecule has 0 aromatic heterocycles. The van der Waals surface area contributed by atoms with E-state index < -0.39 is 0 Å². The normalized spacial score (nSPS) is 9.94. The summed E-state index contributed by atoms with van der Waals surface area (Å²) in [6.45, 7) is 2.25. The Bertz CT molecular complexity index is 269. The fourth-order valence-electron chi connectivity index (χ4n) is 1.94. The second kappa shape index (κ2) is 11.7. The molecule has 0 aliphatic heterocycles. The van der Waals surface area contributed by atoms with Gasteiger partial charge in [-0.3, -0.25) is 0 Å². The predicted molar refractivity (Wildman–Crippen MR) is 67.6 cm³/mol. The minimum Gasteiger partial charge on any atom is -0.872 e. The maximum atomic E-state index is 10.9. The van der Waals surface area contributed by atoms with Gasteiger partial charge in [0, 0.05) is 0 Å². The topological polar surface area (TPSA) is 23.1 Å². The maximum Gasteiger partial charge on any atom is 1.00 e. The van der Waals surface area contributed by atoms with E-state index in [1.165, 1.54) is 50.5 Å². The molecule has 0 amide bonds. The standard InChI is InChI=1S/C15H24O.K/c1-2-3-4-5-6-7-8-9-14-10-12-15(16)13-11-14;/h10-13,16H,2-9H2,1H3;/q;+1/p-1. The SMILES string of the molecule is CCCCCCCCCc1ccc([O-])cc1.[K+]. The minimum atomic E-state index is 0. The van der Waals surface area contributed by atoms with E-state index in [9.17, 15) is 5.11 Å². The third-order valence-electron chi connectivity index (χ3n) is 2.99. The Balaban J connectivity index is 0.00000256. The second-order valence-electron chi connectivity index (χ2n) is 4.52. The quantitative estimate of drug-likeness (QED) is 0.505. The second-order valence-corrected chi connectivity index (χ2v) is 4.52. The van der Waals surface area contributed by atoms with Crippen molar-refractivity contribution in [3.63, 3.8) is 0 Å². The zero-order chi connectivity index (χ0) is 11.6. The van der Waals surface area contributed by atoms with Gasteiger partial charge in [-0.05, 0) is 18.4 Å². The Morgan fingerprint density at radius 1 is 0.824 bits per heavy atom. The van der Waals surface area contributed by atoms with Gasteiger partial charge < -0.3 is 5.11 Å². The number of aryl methyl sites for hydroxylation is 1. The largest absolute Gasteiger partial charge is 1.00 e. The summed E-state index contributed by atoms with van der Waals surface area (Å²) in [6, 6.07) is 7.24. The average Bonchev–Trinajstić information content (AvgIpc) is 2.30. The molecular formula is C15H23KO. The van der Waals surface area contributed by atoms with Crippen LogP contribution in [0.4, 0.5) is 0 Å². The average molecular weight is 258 g/mol. The van der Waals surface area contributed by atoms with Crippen molar-refractivity contribution < 1.29 is 56.5 Å². The van der Waals surface area contributed by atoms with Gasteiger partial charge in [0.2, 0.25) is 0 Å². The van der Waals surface area contributed by atoms with Crippen LogP contribution >= 0.6 is 0 Å². The van der Waals surface area contributed by atoms with Crippen LogP contribution in [0.1, 0.15) is 57.4 Å². The van der Waals surface area contributed by atoms with Crippen molar-refractivity contribution in [1.82, 2.24) is 0 Å². The van der Waals surface area contributed by atoms with Crippen LogP contribution in [0.5, 0.6) is 5.75 Å². The third-order valence-corrected chi connectivity index (χ3v) is 2.99. The van der Waals surface area contributed by atoms with Crippen molar-refractivity contribution in [2.24, 2.45) is 0 Å². The summed E-state index contributed by atoms with van der Waals surface area (Å²) in [6.07, 6.45) is 10.5. The fourth-order valence-corrected chi connectivity index (χ4v) is 1.94. The molecule has 0 saturated heterocycles. The van der Waals surface area contributed by atoms with Crippen molar-refractivity contribution in [2.75, 3.05) is 0 Å². The van der Waals surface area contributed by atoms with Gasteiger partial charge in [0.15, 0.2) is 0 Å². The molecule has 17 heavy (non-hydrogen) atoms. The molecule has 1 rings (SSSR count). The van der Waals surface area contributed by atoms with Crippen LogP contribution in [-0.4, -0.2) is 0 Å². The molecule has 1 nitrogen and oxygen atoms in total. The molecule has 90 valence electrons. The zero-order valence-electron chi connectivity index (χ0n) is 11.4. The molecule has 0 bridgehead atoms. The van der Waals surface area contributed by atoms with Crippen LogP contribution < -0.4 is 56.5 Å². The Hall–Kier alpha value is 0.656. The van der Waals surface area contributed by atoms with E-state index in [2.05, 4.69) is 6.92 Å². The van der Waals surface area contributed by atoms with E-state index in [0.717, 1.165) is 6.42 Å². The first kappa shape index (κ1) is 17.7. The van der Waals surface area contributed by atoms with E-state index in [4.69, 9.17) is 0 Å². The molecule has 0 heterocycles. The molecule has 0 atom stereocenters. The molecule has 1 aromatic rings. The smallest absolute Gasteiger partial charge is 0.872 e. The first-order valence-electron chi connectivity index (χ1n) is 6.59. The van der Waals surface area contributed by atoms with E-state index in [1.54, 1.807) is 12.1 Å². The van der Waals surface area contributed by atoms with Crippen LogP contribution in [0.2, 0.25) is 0 Å². The first-order valence-corrected chi connectivity index (χ1v) is 6.59. The number of rotatable bonds is 8. The third kappa shape index (κ3) is 9.26. The van der Waals surface area contributed by atoms with Crippen LogP contribution in [-0.2, 0) is 6.42 Å². The van der Waals surface area contributed by atoms with Gasteiger partial charge >= 0.3 is 51.4 Å². The molecule has 0 fully saturated rings. The van der Waals surface area contributed by atoms with E-state index >= 15 is 0 Å². The summed E-state index contributed by atoms with van der Waals surface area (Å²) in [4.78, 5) is 0. The van der Waals surface area contributed by atoms with Gasteiger partial charge in [-0.2, -0.15) is 0 Å². The van der Waals surface area contributed by atoms with Crippen LogP contribution in [0.3, 0.4) is 0 Å². The molecule has 0 aliphatic rings. The van der Waals surface area contributed by atoms with Crippen LogP contribution in [0.15, 0.2) is 24.3 Å². The Kier molecular flexibility index (Phi) is 12.2. The number of hydrogen-bond acceptors (Lipinski definition) is 1. The molecule has 1 aromatic carbocycles. The molecule has 0 saturated carbocycles. The van der Waals surface area contributed by atoms with Crippen LogP contribution in [0, 0.1) is 0 Å². The van der Waals surface area contributed by atoms with E-state index in [0.29, 0.717) is 0 Å². The summed E-state index contributed by atoms with van der Waals surface area (Å²) in [5.74, 6) is 0.114. The summed E-state index contributed by atoms with van der Waals surface area (Å²) in [5, 5.41) is 10.9. The number of benzene rings is 1. The molecule has 0 N–H and O–H groups in total. The molecule has 0 aliphatic carbocycles. The van der Waals surface area contributed by atoms with Gasteiger partial charge in [0.05, 0.1) is 0 Å². The van der Waals surface area contributed by atoms with E-state index in [-0.39, 0.29) is 57.1 Å². The Morgan fingerprint density at radius 2 is 1.35 bits per heavy atom. The molecule has 0 radical (unpaired) electrons. The fraction of sp³-hybridized carbons (Fsp3) is 0.600.